The molecule has 0 amide bonds. The smallest absolute Gasteiger partial charge is 0.306 e. The predicted molar refractivity (Wildman–Crippen MR) is 243 cm³/mol. The molecule has 0 spiro atoms. The number of carbonyl (C=O) groups excluding carboxylic acids is 2. The highest BCUT2D eigenvalue weighted by Gasteiger charge is 2.22. The molecule has 0 aliphatic heterocycles. The van der Waals surface area contributed by atoms with Crippen LogP contribution in [-0.2, 0) is 32.7 Å². The molecule has 0 heterocycles. The van der Waals surface area contributed by atoms with E-state index in [4.69, 9.17) is 18.5 Å². The van der Waals surface area contributed by atoms with Crippen LogP contribution in [0.2, 0.25) is 0 Å². The highest BCUT2D eigenvalue weighted by Crippen LogP contribution is 2.38. The van der Waals surface area contributed by atoms with Crippen molar-refractivity contribution in [2.45, 2.75) is 225 Å². The molecule has 1 unspecified atom stereocenters. The fraction of sp³-hybridized carbons (Fsp3) is 0.875. The van der Waals surface area contributed by atoms with Crippen molar-refractivity contribution in [2.75, 3.05) is 47.5 Å². The molecule has 0 aromatic rings. The van der Waals surface area contributed by atoms with E-state index in [0.717, 1.165) is 57.8 Å². The molecule has 2 N–H and O–H groups in total. The van der Waals surface area contributed by atoms with E-state index < -0.39 is 44.7 Å². The van der Waals surface area contributed by atoms with Crippen LogP contribution < -0.4 is 4.89 Å². The number of allylic oxidation sites excluding steroid dienone is 3. The number of nitrogens with zero attached hydrogens (tertiary/aromatic N) is 1. The number of quaternary nitrogens is 1. The number of hydrogen-bond donors (Lipinski definition) is 2. The number of hydrogen-bond acceptors (Lipinski definition) is 10. The summed E-state index contributed by atoms with van der Waals surface area (Å²) in [5.41, 5.74) is 0. The van der Waals surface area contributed by atoms with Gasteiger partial charge < -0.3 is 38.1 Å². The number of ether oxygens (including phenoxy) is 2. The molecule has 0 radical (unpaired) electrons. The van der Waals surface area contributed by atoms with Gasteiger partial charge in [-0.1, -0.05) is 154 Å². The molecule has 4 atom stereocenters. The van der Waals surface area contributed by atoms with Crippen molar-refractivity contribution in [3.05, 3.63) is 24.3 Å². The van der Waals surface area contributed by atoms with E-state index in [1.54, 1.807) is 0 Å². The van der Waals surface area contributed by atoms with Gasteiger partial charge in [0.15, 0.2) is 6.10 Å². The van der Waals surface area contributed by atoms with Crippen molar-refractivity contribution in [3.63, 3.8) is 0 Å². The summed E-state index contributed by atoms with van der Waals surface area (Å²) in [5.74, 6) is -0.943. The van der Waals surface area contributed by atoms with Crippen LogP contribution in [0, 0.1) is 0 Å². The predicted octanol–water partition coefficient (Wildman–Crippen LogP) is 11.2. The first-order chi connectivity index (χ1) is 28.8. The van der Waals surface area contributed by atoms with Gasteiger partial charge in [-0.05, 0) is 64.2 Å². The van der Waals surface area contributed by atoms with Crippen molar-refractivity contribution in [1.82, 2.24) is 0 Å². The quantitative estimate of drug-likeness (QED) is 0.0199. The molecular formula is C48H92NO10P. The Kier molecular flexibility index (Phi) is 39.1. The Morgan fingerprint density at radius 1 is 0.583 bits per heavy atom. The summed E-state index contributed by atoms with van der Waals surface area (Å²) in [5, 5.41) is 20.5. The summed E-state index contributed by atoms with van der Waals surface area (Å²) in [4.78, 5) is 37.6. The van der Waals surface area contributed by atoms with Crippen LogP contribution in [-0.4, -0.2) is 92.5 Å². The summed E-state index contributed by atoms with van der Waals surface area (Å²) in [6.45, 7) is 4.00. The zero-order chi connectivity index (χ0) is 44.6. The Bertz CT molecular complexity index is 1110. The number of aliphatic hydroxyl groups is 2. The van der Waals surface area contributed by atoms with Crippen molar-refractivity contribution >= 4 is 19.8 Å². The number of unbranched alkanes of at least 4 members (excludes halogenated alkanes) is 22. The van der Waals surface area contributed by atoms with Gasteiger partial charge >= 0.3 is 11.9 Å². The lowest BCUT2D eigenvalue weighted by Gasteiger charge is -2.28. The molecule has 0 rings (SSSR count). The van der Waals surface area contributed by atoms with E-state index >= 15 is 0 Å². The highest BCUT2D eigenvalue weighted by molar-refractivity contribution is 7.45. The zero-order valence-corrected chi connectivity index (χ0v) is 40.0. The molecule has 0 aromatic heterocycles. The third-order valence-electron chi connectivity index (χ3n) is 10.6. The standard InChI is InChI=1S/C48H92NO10P/c1-6-8-10-12-14-15-16-17-18-19-20-21-22-23-24-25-26-30-34-38-47(52)56-42-44(43-58-60(54,55)57-41-40-49(3,4)5)59-48(53)39-35-31-27-29-33-37-46(51)45(50)36-32-28-13-11-9-7-2/h17-18,28,32,44-46,50-51H,6-16,19-27,29-31,33-43H2,1-5H3/b18-17-,32-28-/t44-,45+,46+/m1/s1. The van der Waals surface area contributed by atoms with Gasteiger partial charge in [0.1, 0.15) is 19.8 Å². The molecule has 0 aromatic carbocycles. The molecule has 0 fully saturated rings. The largest absolute Gasteiger partial charge is 0.756 e. The highest BCUT2D eigenvalue weighted by atomic mass is 31.2. The van der Waals surface area contributed by atoms with Crippen LogP contribution in [0.4, 0.5) is 0 Å². The molecule has 0 aliphatic carbocycles. The molecule has 0 saturated carbocycles. The molecule has 354 valence electrons. The van der Waals surface area contributed by atoms with Gasteiger partial charge in [0, 0.05) is 12.8 Å². The average molecular weight is 874 g/mol. The fourth-order valence-electron chi connectivity index (χ4n) is 6.67. The number of rotatable bonds is 44. The van der Waals surface area contributed by atoms with Crippen molar-refractivity contribution in [1.29, 1.82) is 0 Å². The first-order valence-electron chi connectivity index (χ1n) is 24.2. The minimum Gasteiger partial charge on any atom is -0.756 e. The second-order valence-electron chi connectivity index (χ2n) is 17.8. The van der Waals surface area contributed by atoms with Gasteiger partial charge in [0.2, 0.25) is 0 Å². The second-order valence-corrected chi connectivity index (χ2v) is 19.2. The van der Waals surface area contributed by atoms with Crippen LogP contribution in [0.25, 0.3) is 0 Å². The number of phosphoric ester groups is 1. The molecular weight excluding hydrogens is 781 g/mol. The normalized spacial score (nSPS) is 14.7. The Morgan fingerprint density at radius 3 is 1.58 bits per heavy atom. The van der Waals surface area contributed by atoms with Crippen LogP contribution >= 0.6 is 7.82 Å². The van der Waals surface area contributed by atoms with Gasteiger partial charge in [-0.25, -0.2) is 0 Å². The molecule has 0 bridgehead atoms. The first kappa shape index (κ1) is 58.4. The molecule has 0 saturated heterocycles. The lowest BCUT2D eigenvalue weighted by molar-refractivity contribution is -0.870. The maximum atomic E-state index is 12.7. The van der Waals surface area contributed by atoms with Crippen molar-refractivity contribution in [2.24, 2.45) is 0 Å². The van der Waals surface area contributed by atoms with Crippen LogP contribution in [0.1, 0.15) is 206 Å². The SMILES string of the molecule is CCCCC/C=C\C[C@H](O)[C@@H](O)CCCCCCCC(=O)O[C@H](COC(=O)CCCCCCCCCCC/C=C\CCCCCCCC)COP(=O)([O-])OCC[N+](C)(C)C. The fourth-order valence-corrected chi connectivity index (χ4v) is 7.40. The minimum atomic E-state index is -4.67. The van der Waals surface area contributed by atoms with Gasteiger partial charge in [-0.3, -0.25) is 14.2 Å². The maximum Gasteiger partial charge on any atom is 0.306 e. The summed E-state index contributed by atoms with van der Waals surface area (Å²) in [7, 11) is 1.07. The first-order valence-corrected chi connectivity index (χ1v) is 25.7. The van der Waals surface area contributed by atoms with E-state index in [1.807, 2.05) is 27.2 Å². The third kappa shape index (κ3) is 41.7. The van der Waals surface area contributed by atoms with Crippen LogP contribution in [0.5, 0.6) is 0 Å². The monoisotopic (exact) mass is 874 g/mol. The topological polar surface area (TPSA) is 152 Å². The van der Waals surface area contributed by atoms with Gasteiger partial charge in [-0.2, -0.15) is 0 Å². The number of carbonyl (C=O) groups is 2. The summed E-state index contributed by atoms with van der Waals surface area (Å²) >= 11 is 0. The van der Waals surface area contributed by atoms with E-state index in [1.165, 1.54) is 96.3 Å². The summed E-state index contributed by atoms with van der Waals surface area (Å²) < 4.78 is 33.9. The van der Waals surface area contributed by atoms with Crippen molar-refractivity contribution in [3.8, 4) is 0 Å². The second kappa shape index (κ2) is 40.2. The van der Waals surface area contributed by atoms with Gasteiger partial charge in [0.05, 0.1) is 40.0 Å². The van der Waals surface area contributed by atoms with E-state index in [2.05, 4.69) is 32.1 Å². The third-order valence-corrected chi connectivity index (χ3v) is 11.6. The van der Waals surface area contributed by atoms with Gasteiger partial charge in [0.25, 0.3) is 7.82 Å². The van der Waals surface area contributed by atoms with E-state index in [0.29, 0.717) is 36.7 Å². The Morgan fingerprint density at radius 2 is 1.03 bits per heavy atom. The number of esters is 2. The Hall–Kier alpha value is -1.59. The Labute approximate surface area is 367 Å². The van der Waals surface area contributed by atoms with Gasteiger partial charge in [-0.15, -0.1) is 0 Å². The summed E-state index contributed by atoms with van der Waals surface area (Å²) in [6, 6.07) is 0. The van der Waals surface area contributed by atoms with Crippen LogP contribution in [0.3, 0.4) is 0 Å². The number of aliphatic hydroxyl groups excluding tert-OH is 2. The Balaban J connectivity index is 4.39. The summed E-state index contributed by atoms with van der Waals surface area (Å²) in [6.07, 6.45) is 36.5. The van der Waals surface area contributed by atoms with E-state index in [9.17, 15) is 29.3 Å². The zero-order valence-electron chi connectivity index (χ0n) is 39.1. The lowest BCUT2D eigenvalue weighted by atomic mass is 10.0. The molecule has 0 aliphatic rings. The average Bonchev–Trinajstić information content (AvgIpc) is 3.19. The minimum absolute atomic E-state index is 0.0585. The van der Waals surface area contributed by atoms with Crippen molar-refractivity contribution < 1.29 is 52.3 Å². The molecule has 11 nitrogen and oxygen atoms in total. The maximum absolute atomic E-state index is 12.7. The lowest BCUT2D eigenvalue weighted by Crippen LogP contribution is -2.37. The number of phosphoric acid groups is 1. The van der Waals surface area contributed by atoms with Crippen LogP contribution in [0.15, 0.2) is 24.3 Å². The number of likely N-dealkylation sites (N-methyl/N-ethyl adjacent to an activating group) is 1. The molecule has 60 heavy (non-hydrogen) atoms. The van der Waals surface area contributed by atoms with E-state index in [-0.39, 0.29) is 26.1 Å². The molecule has 12 heteroatoms.